The molecule has 0 aliphatic carbocycles. The Kier molecular flexibility index (Phi) is 4.28. The molecule has 0 saturated carbocycles. The van der Waals surface area contributed by atoms with Gasteiger partial charge in [0.15, 0.2) is 0 Å². The van der Waals surface area contributed by atoms with Gasteiger partial charge in [-0.2, -0.15) is 0 Å². The Hall–Kier alpha value is -1.46. The number of aromatic nitrogens is 2. The number of aliphatic hydroxyl groups excluding tert-OH is 1. The van der Waals surface area contributed by atoms with Gasteiger partial charge in [0.05, 0.1) is 0 Å². The van der Waals surface area contributed by atoms with E-state index >= 15 is 0 Å². The van der Waals surface area contributed by atoms with E-state index in [0.29, 0.717) is 12.5 Å². The molecule has 0 amide bonds. The lowest BCUT2D eigenvalue weighted by molar-refractivity contribution is 0.195. The smallest absolute Gasteiger partial charge is 0.129 e. The van der Waals surface area contributed by atoms with Crippen molar-refractivity contribution in [3.63, 3.8) is 0 Å². The lowest BCUT2D eigenvalue weighted by Crippen LogP contribution is -2.12. The Bertz CT molecular complexity index is 485. The van der Waals surface area contributed by atoms with Crippen molar-refractivity contribution in [2.24, 2.45) is 0 Å². The van der Waals surface area contributed by atoms with Gasteiger partial charge in [-0.25, -0.2) is 9.97 Å². The van der Waals surface area contributed by atoms with E-state index < -0.39 is 6.10 Å². The van der Waals surface area contributed by atoms with Gasteiger partial charge in [-0.05, 0) is 17.4 Å². The SMILES string of the molecule is CC(C)c1cc(NC[C@H](O)c2cccs2)ncn1. The first-order valence-electron chi connectivity index (χ1n) is 5.94. The van der Waals surface area contributed by atoms with E-state index in [4.69, 9.17) is 0 Å². The molecule has 18 heavy (non-hydrogen) atoms. The largest absolute Gasteiger partial charge is 0.386 e. The first-order chi connectivity index (χ1) is 8.66. The average molecular weight is 263 g/mol. The summed E-state index contributed by atoms with van der Waals surface area (Å²) in [5.41, 5.74) is 0.998. The van der Waals surface area contributed by atoms with E-state index in [1.54, 1.807) is 17.7 Å². The van der Waals surface area contributed by atoms with E-state index in [0.717, 1.165) is 16.4 Å². The van der Waals surface area contributed by atoms with E-state index in [1.165, 1.54) is 0 Å². The van der Waals surface area contributed by atoms with Crippen molar-refractivity contribution in [3.05, 3.63) is 40.5 Å². The van der Waals surface area contributed by atoms with Gasteiger partial charge in [0, 0.05) is 23.2 Å². The van der Waals surface area contributed by atoms with Gasteiger partial charge >= 0.3 is 0 Å². The third-order valence-corrected chi connectivity index (χ3v) is 3.60. The lowest BCUT2D eigenvalue weighted by atomic mass is 10.1. The molecule has 0 radical (unpaired) electrons. The Morgan fingerprint density at radius 2 is 2.22 bits per heavy atom. The van der Waals surface area contributed by atoms with Crippen LogP contribution in [0.25, 0.3) is 0 Å². The molecule has 2 rings (SSSR count). The maximum absolute atomic E-state index is 9.95. The minimum atomic E-state index is -0.498. The molecule has 0 aliphatic rings. The predicted octanol–water partition coefficient (Wildman–Crippen LogP) is 2.81. The second-order valence-corrected chi connectivity index (χ2v) is 5.37. The van der Waals surface area contributed by atoms with E-state index in [9.17, 15) is 5.11 Å². The molecular formula is C13H17N3OS. The molecule has 0 fully saturated rings. The van der Waals surface area contributed by atoms with Crippen molar-refractivity contribution in [1.29, 1.82) is 0 Å². The molecule has 96 valence electrons. The summed E-state index contributed by atoms with van der Waals surface area (Å²) in [5, 5.41) is 15.0. The van der Waals surface area contributed by atoms with Crippen molar-refractivity contribution in [3.8, 4) is 0 Å². The number of hydrogen-bond donors (Lipinski definition) is 2. The zero-order chi connectivity index (χ0) is 13.0. The number of hydrogen-bond acceptors (Lipinski definition) is 5. The van der Waals surface area contributed by atoms with Crippen LogP contribution in [0.2, 0.25) is 0 Å². The van der Waals surface area contributed by atoms with Crippen LogP contribution in [0.15, 0.2) is 29.9 Å². The zero-order valence-corrected chi connectivity index (χ0v) is 11.3. The monoisotopic (exact) mass is 263 g/mol. The molecule has 0 unspecified atom stereocenters. The molecule has 0 spiro atoms. The summed E-state index contributed by atoms with van der Waals surface area (Å²) in [4.78, 5) is 9.31. The quantitative estimate of drug-likeness (QED) is 0.871. The third kappa shape index (κ3) is 3.27. The second-order valence-electron chi connectivity index (χ2n) is 4.39. The Labute approximate surface area is 111 Å². The van der Waals surface area contributed by atoms with Crippen LogP contribution in [0.5, 0.6) is 0 Å². The molecule has 0 aromatic carbocycles. The molecule has 0 saturated heterocycles. The van der Waals surface area contributed by atoms with Crippen molar-refractivity contribution < 1.29 is 5.11 Å². The highest BCUT2D eigenvalue weighted by molar-refractivity contribution is 7.10. The summed E-state index contributed by atoms with van der Waals surface area (Å²) in [6.45, 7) is 4.63. The Morgan fingerprint density at radius 3 is 2.89 bits per heavy atom. The van der Waals surface area contributed by atoms with Gasteiger partial charge in [0.25, 0.3) is 0 Å². The number of anilines is 1. The minimum Gasteiger partial charge on any atom is -0.386 e. The van der Waals surface area contributed by atoms with E-state index in [2.05, 4.69) is 29.1 Å². The summed E-state index contributed by atoms with van der Waals surface area (Å²) >= 11 is 1.55. The molecule has 5 heteroatoms. The summed E-state index contributed by atoms with van der Waals surface area (Å²) in [6.07, 6.45) is 1.05. The summed E-state index contributed by atoms with van der Waals surface area (Å²) in [6, 6.07) is 5.78. The van der Waals surface area contributed by atoms with Gasteiger partial charge in [-0.1, -0.05) is 19.9 Å². The van der Waals surface area contributed by atoms with Gasteiger partial charge in [-0.15, -0.1) is 11.3 Å². The summed E-state index contributed by atoms with van der Waals surface area (Å²) < 4.78 is 0. The third-order valence-electron chi connectivity index (χ3n) is 2.63. The highest BCUT2D eigenvalue weighted by Crippen LogP contribution is 2.19. The summed E-state index contributed by atoms with van der Waals surface area (Å²) in [7, 11) is 0. The number of thiophene rings is 1. The first kappa shape index (κ1) is 13.0. The van der Waals surface area contributed by atoms with Crippen molar-refractivity contribution in [2.75, 3.05) is 11.9 Å². The average Bonchev–Trinajstić information content (AvgIpc) is 2.90. The molecule has 4 nitrogen and oxygen atoms in total. The Balaban J connectivity index is 1.96. The van der Waals surface area contributed by atoms with Crippen LogP contribution in [-0.4, -0.2) is 21.6 Å². The standard InChI is InChI=1S/C13H17N3OS/c1-9(2)10-6-13(16-8-15-10)14-7-11(17)12-4-3-5-18-12/h3-6,8-9,11,17H,7H2,1-2H3,(H,14,15,16)/t11-/m0/s1. The van der Waals surface area contributed by atoms with Crippen molar-refractivity contribution in [2.45, 2.75) is 25.9 Å². The number of nitrogens with one attached hydrogen (secondary N) is 1. The highest BCUT2D eigenvalue weighted by atomic mass is 32.1. The predicted molar refractivity (Wildman–Crippen MR) is 73.9 cm³/mol. The topological polar surface area (TPSA) is 58.0 Å². The van der Waals surface area contributed by atoms with Crippen LogP contribution >= 0.6 is 11.3 Å². The lowest BCUT2D eigenvalue weighted by Gasteiger charge is -2.11. The fraction of sp³-hybridized carbons (Fsp3) is 0.385. The summed E-state index contributed by atoms with van der Waals surface area (Å²) in [5.74, 6) is 1.13. The normalized spacial score (nSPS) is 12.7. The first-order valence-corrected chi connectivity index (χ1v) is 6.82. The molecule has 0 aliphatic heterocycles. The minimum absolute atomic E-state index is 0.371. The molecule has 1 atom stereocenters. The van der Waals surface area contributed by atoms with Crippen molar-refractivity contribution in [1.82, 2.24) is 9.97 Å². The fourth-order valence-corrected chi connectivity index (χ4v) is 2.28. The zero-order valence-electron chi connectivity index (χ0n) is 10.5. The van der Waals surface area contributed by atoms with Crippen LogP contribution < -0.4 is 5.32 Å². The maximum atomic E-state index is 9.95. The Morgan fingerprint density at radius 1 is 1.39 bits per heavy atom. The molecule has 2 N–H and O–H groups in total. The molecule has 2 heterocycles. The van der Waals surface area contributed by atoms with E-state index in [-0.39, 0.29) is 0 Å². The number of nitrogens with zero attached hydrogens (tertiary/aromatic N) is 2. The van der Waals surface area contributed by atoms with Gasteiger partial charge in [0.1, 0.15) is 18.2 Å². The van der Waals surface area contributed by atoms with Gasteiger partial charge in [-0.3, -0.25) is 0 Å². The molecule has 2 aromatic heterocycles. The van der Waals surface area contributed by atoms with Crippen LogP contribution in [-0.2, 0) is 0 Å². The number of rotatable bonds is 5. The fourth-order valence-electron chi connectivity index (χ4n) is 1.57. The van der Waals surface area contributed by atoms with E-state index in [1.807, 2.05) is 23.6 Å². The van der Waals surface area contributed by atoms with Crippen molar-refractivity contribution >= 4 is 17.2 Å². The molecule has 0 bridgehead atoms. The highest BCUT2D eigenvalue weighted by Gasteiger charge is 2.09. The van der Waals surface area contributed by atoms with Crippen LogP contribution in [0.4, 0.5) is 5.82 Å². The molecule has 2 aromatic rings. The van der Waals surface area contributed by atoms with Crippen LogP contribution in [0.1, 0.15) is 36.4 Å². The van der Waals surface area contributed by atoms with Crippen LogP contribution in [0.3, 0.4) is 0 Å². The molecular weight excluding hydrogens is 246 g/mol. The number of aliphatic hydroxyl groups is 1. The maximum Gasteiger partial charge on any atom is 0.129 e. The van der Waals surface area contributed by atoms with Crippen LogP contribution in [0, 0.1) is 0 Å². The van der Waals surface area contributed by atoms with Gasteiger partial charge in [0.2, 0.25) is 0 Å². The second kappa shape index (κ2) is 5.93. The van der Waals surface area contributed by atoms with Gasteiger partial charge < -0.3 is 10.4 Å².